The van der Waals surface area contributed by atoms with E-state index in [-0.39, 0.29) is 16.1 Å². The van der Waals surface area contributed by atoms with E-state index in [0.29, 0.717) is 0 Å². The Morgan fingerprint density at radius 3 is 2.15 bits per heavy atom. The first-order valence-electron chi connectivity index (χ1n) is 5.97. The maximum absolute atomic E-state index is 12.5. The molecule has 0 aliphatic heterocycles. The molecule has 0 aliphatic rings. The summed E-state index contributed by atoms with van der Waals surface area (Å²) < 4.78 is 25.0. The average molecular weight is 291 g/mol. The number of benzene rings is 2. The van der Waals surface area contributed by atoms with Gasteiger partial charge in [0.15, 0.2) is 9.84 Å². The van der Waals surface area contributed by atoms with Crippen LogP contribution in [0.25, 0.3) is 0 Å². The van der Waals surface area contributed by atoms with Crippen LogP contribution in [0.4, 0.5) is 5.69 Å². The predicted molar refractivity (Wildman–Crippen MR) is 75.1 cm³/mol. The van der Waals surface area contributed by atoms with Crippen molar-refractivity contribution in [2.45, 2.75) is 17.1 Å². The number of rotatable bonds is 4. The van der Waals surface area contributed by atoms with Gasteiger partial charge in [0.2, 0.25) is 0 Å². The lowest BCUT2D eigenvalue weighted by molar-refractivity contribution is -0.385. The molecular formula is C14H13NO4S. The van der Waals surface area contributed by atoms with Crippen LogP contribution in [0.2, 0.25) is 0 Å². The Bertz CT molecular complexity index is 726. The first kappa shape index (κ1) is 14.2. The van der Waals surface area contributed by atoms with Crippen LogP contribution in [-0.2, 0) is 9.84 Å². The molecular weight excluding hydrogens is 278 g/mol. The minimum atomic E-state index is -3.65. The summed E-state index contributed by atoms with van der Waals surface area (Å²) in [4.78, 5) is 10.6. The number of nitro groups is 1. The highest BCUT2D eigenvalue weighted by Crippen LogP contribution is 2.33. The van der Waals surface area contributed by atoms with Gasteiger partial charge in [-0.15, -0.1) is 0 Å². The molecule has 0 fully saturated rings. The van der Waals surface area contributed by atoms with Gasteiger partial charge in [-0.3, -0.25) is 10.1 Å². The average Bonchev–Trinajstić information content (AvgIpc) is 2.47. The van der Waals surface area contributed by atoms with Gasteiger partial charge in [0.1, 0.15) is 0 Å². The minimum Gasteiger partial charge on any atom is -0.258 e. The Balaban J connectivity index is 2.52. The number of nitrogens with zero attached hydrogens (tertiary/aromatic N) is 1. The first-order chi connectivity index (χ1) is 9.44. The van der Waals surface area contributed by atoms with Crippen molar-refractivity contribution in [3.8, 4) is 0 Å². The van der Waals surface area contributed by atoms with Gasteiger partial charge >= 0.3 is 0 Å². The van der Waals surface area contributed by atoms with E-state index in [2.05, 4.69) is 0 Å². The van der Waals surface area contributed by atoms with Crippen LogP contribution in [0.1, 0.15) is 17.7 Å². The topological polar surface area (TPSA) is 77.3 Å². The third-order valence-electron chi connectivity index (χ3n) is 3.11. The Hall–Kier alpha value is -2.21. The van der Waals surface area contributed by atoms with Gasteiger partial charge in [-0.25, -0.2) is 8.42 Å². The Kier molecular flexibility index (Phi) is 3.85. The second-order valence-electron chi connectivity index (χ2n) is 4.32. The highest BCUT2D eigenvalue weighted by Gasteiger charge is 2.29. The van der Waals surface area contributed by atoms with Crippen LogP contribution in [0, 0.1) is 10.1 Å². The smallest absolute Gasteiger partial charge is 0.258 e. The number of nitro benzene ring substituents is 1. The number of hydrogen-bond acceptors (Lipinski definition) is 4. The molecule has 6 heteroatoms. The van der Waals surface area contributed by atoms with Gasteiger partial charge in [-0.05, 0) is 19.1 Å². The van der Waals surface area contributed by atoms with Crippen LogP contribution in [0.15, 0.2) is 59.5 Å². The molecule has 5 nitrogen and oxygen atoms in total. The molecule has 0 saturated carbocycles. The SMILES string of the molecule is CC(c1ccccc1[N+](=O)[O-])S(=O)(=O)c1ccccc1. The number of hydrogen-bond donors (Lipinski definition) is 0. The summed E-state index contributed by atoms with van der Waals surface area (Å²) in [5.41, 5.74) is 0.0147. The fraction of sp³-hybridized carbons (Fsp3) is 0.143. The molecule has 2 aromatic carbocycles. The molecule has 0 aliphatic carbocycles. The monoisotopic (exact) mass is 291 g/mol. The zero-order valence-corrected chi connectivity index (χ0v) is 11.6. The second-order valence-corrected chi connectivity index (χ2v) is 6.58. The predicted octanol–water partition coefficient (Wildman–Crippen LogP) is 3.13. The van der Waals surface area contributed by atoms with Gasteiger partial charge in [0.25, 0.3) is 5.69 Å². The van der Waals surface area contributed by atoms with Gasteiger partial charge in [-0.1, -0.05) is 36.4 Å². The molecule has 1 atom stereocenters. The highest BCUT2D eigenvalue weighted by atomic mass is 32.2. The summed E-state index contributed by atoms with van der Waals surface area (Å²) in [6, 6.07) is 13.8. The van der Waals surface area contributed by atoms with Crippen molar-refractivity contribution >= 4 is 15.5 Å². The van der Waals surface area contributed by atoms with Crippen LogP contribution >= 0.6 is 0 Å². The van der Waals surface area contributed by atoms with E-state index in [1.807, 2.05) is 0 Å². The van der Waals surface area contributed by atoms with Crippen molar-refractivity contribution in [3.63, 3.8) is 0 Å². The van der Waals surface area contributed by atoms with E-state index in [9.17, 15) is 18.5 Å². The zero-order valence-electron chi connectivity index (χ0n) is 10.8. The molecule has 0 aromatic heterocycles. The molecule has 0 saturated heterocycles. The highest BCUT2D eigenvalue weighted by molar-refractivity contribution is 7.91. The van der Waals surface area contributed by atoms with E-state index in [1.54, 1.807) is 24.3 Å². The van der Waals surface area contributed by atoms with Crippen molar-refractivity contribution < 1.29 is 13.3 Å². The van der Waals surface area contributed by atoms with Crippen molar-refractivity contribution in [1.29, 1.82) is 0 Å². The minimum absolute atomic E-state index is 0.158. The fourth-order valence-electron chi connectivity index (χ4n) is 1.98. The molecule has 0 N–H and O–H groups in total. The molecule has 0 bridgehead atoms. The zero-order chi connectivity index (χ0) is 14.8. The third kappa shape index (κ3) is 2.55. The quantitative estimate of drug-likeness (QED) is 0.640. The lowest BCUT2D eigenvalue weighted by Crippen LogP contribution is -2.12. The van der Waals surface area contributed by atoms with Gasteiger partial charge in [0, 0.05) is 11.6 Å². The summed E-state index contributed by atoms with van der Waals surface area (Å²) in [5.74, 6) is 0. The molecule has 0 heterocycles. The summed E-state index contributed by atoms with van der Waals surface area (Å²) in [6.45, 7) is 1.46. The molecule has 20 heavy (non-hydrogen) atoms. The Morgan fingerprint density at radius 1 is 1.00 bits per heavy atom. The molecule has 0 amide bonds. The van der Waals surface area contributed by atoms with Crippen molar-refractivity contribution in [1.82, 2.24) is 0 Å². The van der Waals surface area contributed by atoms with Gasteiger partial charge < -0.3 is 0 Å². The standard InChI is InChI=1S/C14H13NO4S/c1-11(13-9-5-6-10-14(13)15(16)17)20(18,19)12-7-3-2-4-8-12/h2-11H,1H3. The van der Waals surface area contributed by atoms with Crippen molar-refractivity contribution in [2.24, 2.45) is 0 Å². The third-order valence-corrected chi connectivity index (χ3v) is 5.22. The van der Waals surface area contributed by atoms with Crippen molar-refractivity contribution in [3.05, 3.63) is 70.3 Å². The lowest BCUT2D eigenvalue weighted by Gasteiger charge is -2.13. The van der Waals surface area contributed by atoms with E-state index in [1.165, 1.54) is 37.3 Å². The van der Waals surface area contributed by atoms with E-state index in [0.717, 1.165) is 0 Å². The maximum atomic E-state index is 12.5. The summed E-state index contributed by atoms with van der Waals surface area (Å²) in [6.07, 6.45) is 0. The second kappa shape index (κ2) is 5.42. The number of para-hydroxylation sites is 1. The lowest BCUT2D eigenvalue weighted by atomic mass is 10.1. The normalized spacial score (nSPS) is 12.8. The first-order valence-corrected chi connectivity index (χ1v) is 7.51. The Morgan fingerprint density at radius 2 is 1.55 bits per heavy atom. The van der Waals surface area contributed by atoms with E-state index < -0.39 is 20.0 Å². The molecule has 0 radical (unpaired) electrons. The van der Waals surface area contributed by atoms with Crippen LogP contribution in [-0.4, -0.2) is 13.3 Å². The Labute approximate surface area is 116 Å². The van der Waals surface area contributed by atoms with Gasteiger partial charge in [-0.2, -0.15) is 0 Å². The number of sulfone groups is 1. The van der Waals surface area contributed by atoms with Crippen LogP contribution < -0.4 is 0 Å². The molecule has 104 valence electrons. The van der Waals surface area contributed by atoms with Crippen LogP contribution in [0.5, 0.6) is 0 Å². The van der Waals surface area contributed by atoms with Gasteiger partial charge in [0.05, 0.1) is 15.1 Å². The summed E-state index contributed by atoms with van der Waals surface area (Å²) in [5, 5.41) is 10.0. The molecule has 1 unspecified atom stereocenters. The summed E-state index contributed by atoms with van der Waals surface area (Å²) >= 11 is 0. The molecule has 2 aromatic rings. The molecule has 2 rings (SSSR count). The maximum Gasteiger partial charge on any atom is 0.273 e. The molecule has 0 spiro atoms. The largest absolute Gasteiger partial charge is 0.273 e. The van der Waals surface area contributed by atoms with E-state index in [4.69, 9.17) is 0 Å². The van der Waals surface area contributed by atoms with Crippen molar-refractivity contribution in [2.75, 3.05) is 0 Å². The summed E-state index contributed by atoms with van der Waals surface area (Å²) in [7, 11) is -3.65. The van der Waals surface area contributed by atoms with E-state index >= 15 is 0 Å². The van der Waals surface area contributed by atoms with Crippen LogP contribution in [0.3, 0.4) is 0 Å². The fourth-order valence-corrected chi connectivity index (χ4v) is 3.46.